The van der Waals surface area contributed by atoms with Gasteiger partial charge in [-0.3, -0.25) is 0 Å². The standard InChI is InChI=1S/C11H16O/c1-3-4-11(12)10-7-5-9(2)6-8-10/h5-8,11-12H,3-4H2,1-2H3. The predicted octanol–water partition coefficient (Wildman–Crippen LogP) is 2.83. The van der Waals surface area contributed by atoms with Crippen LogP contribution in [-0.2, 0) is 0 Å². The quantitative estimate of drug-likeness (QED) is 0.728. The van der Waals surface area contributed by atoms with E-state index >= 15 is 0 Å². The van der Waals surface area contributed by atoms with Gasteiger partial charge in [0.2, 0.25) is 0 Å². The molecule has 0 radical (unpaired) electrons. The third-order valence-electron chi connectivity index (χ3n) is 2.02. The molecule has 0 aliphatic rings. The smallest absolute Gasteiger partial charge is 0.0790 e. The molecular formula is C11H16O. The summed E-state index contributed by atoms with van der Waals surface area (Å²) in [5, 5.41) is 9.61. The first kappa shape index (κ1) is 9.27. The Labute approximate surface area is 74.1 Å². The van der Waals surface area contributed by atoms with Crippen LogP contribution in [-0.4, -0.2) is 5.11 Å². The van der Waals surface area contributed by atoms with Crippen LogP contribution in [0.4, 0.5) is 0 Å². The number of hydrogen-bond donors (Lipinski definition) is 1. The zero-order valence-corrected chi connectivity index (χ0v) is 7.75. The third kappa shape index (κ3) is 2.35. The summed E-state index contributed by atoms with van der Waals surface area (Å²) in [5.74, 6) is 0. The van der Waals surface area contributed by atoms with E-state index in [9.17, 15) is 5.11 Å². The van der Waals surface area contributed by atoms with Gasteiger partial charge < -0.3 is 5.11 Å². The van der Waals surface area contributed by atoms with Crippen LogP contribution in [0.2, 0.25) is 0 Å². The molecule has 0 heterocycles. The van der Waals surface area contributed by atoms with Gasteiger partial charge in [0.05, 0.1) is 6.10 Å². The lowest BCUT2D eigenvalue weighted by Gasteiger charge is -2.08. The van der Waals surface area contributed by atoms with Crippen molar-refractivity contribution in [3.05, 3.63) is 35.4 Å². The van der Waals surface area contributed by atoms with Gasteiger partial charge in [-0.05, 0) is 18.9 Å². The minimum absolute atomic E-state index is 0.282. The summed E-state index contributed by atoms with van der Waals surface area (Å²) in [4.78, 5) is 0. The van der Waals surface area contributed by atoms with Crippen LogP contribution in [0.25, 0.3) is 0 Å². The number of hydrogen-bond acceptors (Lipinski definition) is 1. The fourth-order valence-electron chi connectivity index (χ4n) is 1.23. The molecule has 1 aromatic carbocycles. The minimum Gasteiger partial charge on any atom is -0.388 e. The van der Waals surface area contributed by atoms with Crippen molar-refractivity contribution in [2.75, 3.05) is 0 Å². The summed E-state index contributed by atoms with van der Waals surface area (Å²) in [6, 6.07) is 8.06. The Morgan fingerprint density at radius 2 is 1.83 bits per heavy atom. The maximum atomic E-state index is 9.61. The van der Waals surface area contributed by atoms with Gasteiger partial charge in [-0.15, -0.1) is 0 Å². The van der Waals surface area contributed by atoms with Crippen molar-refractivity contribution in [3.8, 4) is 0 Å². The second kappa shape index (κ2) is 4.27. The van der Waals surface area contributed by atoms with Crippen LogP contribution in [0.15, 0.2) is 24.3 Å². The van der Waals surface area contributed by atoms with Crippen molar-refractivity contribution in [2.24, 2.45) is 0 Å². The molecule has 1 aromatic rings. The van der Waals surface area contributed by atoms with Crippen LogP contribution in [0.1, 0.15) is 37.0 Å². The summed E-state index contributed by atoms with van der Waals surface area (Å²) in [7, 11) is 0. The lowest BCUT2D eigenvalue weighted by atomic mass is 10.0. The van der Waals surface area contributed by atoms with Crippen molar-refractivity contribution in [1.82, 2.24) is 0 Å². The molecule has 0 aromatic heterocycles. The second-order valence-corrected chi connectivity index (χ2v) is 3.22. The third-order valence-corrected chi connectivity index (χ3v) is 2.02. The predicted molar refractivity (Wildman–Crippen MR) is 51.0 cm³/mol. The molecule has 66 valence electrons. The molecule has 1 unspecified atom stereocenters. The molecule has 0 spiro atoms. The van der Waals surface area contributed by atoms with Gasteiger partial charge in [-0.1, -0.05) is 43.2 Å². The molecule has 12 heavy (non-hydrogen) atoms. The monoisotopic (exact) mass is 164 g/mol. The highest BCUT2D eigenvalue weighted by Gasteiger charge is 2.04. The van der Waals surface area contributed by atoms with Gasteiger partial charge in [-0.25, -0.2) is 0 Å². The zero-order chi connectivity index (χ0) is 8.97. The summed E-state index contributed by atoms with van der Waals surface area (Å²) >= 11 is 0. The van der Waals surface area contributed by atoms with Crippen molar-refractivity contribution in [3.63, 3.8) is 0 Å². The average molecular weight is 164 g/mol. The molecule has 1 nitrogen and oxygen atoms in total. The summed E-state index contributed by atoms with van der Waals surface area (Å²) in [5.41, 5.74) is 2.27. The molecule has 1 N–H and O–H groups in total. The van der Waals surface area contributed by atoms with E-state index in [1.165, 1.54) is 5.56 Å². The maximum Gasteiger partial charge on any atom is 0.0790 e. The summed E-state index contributed by atoms with van der Waals surface area (Å²) in [6.45, 7) is 4.13. The van der Waals surface area contributed by atoms with E-state index in [4.69, 9.17) is 0 Å². The van der Waals surface area contributed by atoms with E-state index < -0.39 is 0 Å². The molecule has 0 bridgehead atoms. The topological polar surface area (TPSA) is 20.2 Å². The molecule has 0 fully saturated rings. The number of benzene rings is 1. The van der Waals surface area contributed by atoms with Crippen LogP contribution < -0.4 is 0 Å². The van der Waals surface area contributed by atoms with Crippen LogP contribution in [0.5, 0.6) is 0 Å². The average Bonchev–Trinajstić information content (AvgIpc) is 2.06. The number of aliphatic hydroxyl groups excluding tert-OH is 1. The zero-order valence-electron chi connectivity index (χ0n) is 7.75. The molecule has 1 rings (SSSR count). The highest BCUT2D eigenvalue weighted by Crippen LogP contribution is 2.17. The van der Waals surface area contributed by atoms with Gasteiger partial charge in [-0.2, -0.15) is 0 Å². The Balaban J connectivity index is 2.68. The van der Waals surface area contributed by atoms with E-state index in [1.807, 2.05) is 24.3 Å². The molecule has 0 saturated carbocycles. The molecule has 0 aliphatic carbocycles. The normalized spacial score (nSPS) is 12.9. The molecule has 1 atom stereocenters. The first-order valence-electron chi connectivity index (χ1n) is 4.48. The minimum atomic E-state index is -0.282. The number of aliphatic hydroxyl groups is 1. The Morgan fingerprint density at radius 3 is 2.33 bits per heavy atom. The van der Waals surface area contributed by atoms with Gasteiger partial charge in [0, 0.05) is 0 Å². The van der Waals surface area contributed by atoms with Crippen LogP contribution in [0, 0.1) is 6.92 Å². The Bertz CT molecular complexity index is 225. The van der Waals surface area contributed by atoms with Crippen LogP contribution in [0.3, 0.4) is 0 Å². The first-order chi connectivity index (χ1) is 5.74. The van der Waals surface area contributed by atoms with E-state index in [0.29, 0.717) is 0 Å². The lowest BCUT2D eigenvalue weighted by molar-refractivity contribution is 0.166. The SMILES string of the molecule is CCCC(O)c1ccc(C)cc1. The Hall–Kier alpha value is -0.820. The second-order valence-electron chi connectivity index (χ2n) is 3.22. The van der Waals surface area contributed by atoms with Gasteiger partial charge in [0.1, 0.15) is 0 Å². The van der Waals surface area contributed by atoms with E-state index in [-0.39, 0.29) is 6.10 Å². The highest BCUT2D eigenvalue weighted by atomic mass is 16.3. The summed E-state index contributed by atoms with van der Waals surface area (Å²) < 4.78 is 0. The van der Waals surface area contributed by atoms with Gasteiger partial charge in [0.25, 0.3) is 0 Å². The van der Waals surface area contributed by atoms with E-state index in [0.717, 1.165) is 18.4 Å². The molecule has 0 aliphatic heterocycles. The Morgan fingerprint density at radius 1 is 1.25 bits per heavy atom. The van der Waals surface area contributed by atoms with Crippen molar-refractivity contribution < 1.29 is 5.11 Å². The fourth-order valence-corrected chi connectivity index (χ4v) is 1.23. The van der Waals surface area contributed by atoms with Crippen LogP contribution >= 0.6 is 0 Å². The molecular weight excluding hydrogens is 148 g/mol. The Kier molecular flexibility index (Phi) is 3.30. The van der Waals surface area contributed by atoms with Gasteiger partial charge in [0.15, 0.2) is 0 Å². The number of aryl methyl sites for hydroxylation is 1. The van der Waals surface area contributed by atoms with E-state index in [1.54, 1.807) is 0 Å². The molecule has 1 heteroatoms. The van der Waals surface area contributed by atoms with Crippen molar-refractivity contribution in [2.45, 2.75) is 32.8 Å². The lowest BCUT2D eigenvalue weighted by Crippen LogP contribution is -1.95. The van der Waals surface area contributed by atoms with Crippen molar-refractivity contribution in [1.29, 1.82) is 0 Å². The van der Waals surface area contributed by atoms with Gasteiger partial charge >= 0.3 is 0 Å². The number of rotatable bonds is 3. The largest absolute Gasteiger partial charge is 0.388 e. The summed E-state index contributed by atoms with van der Waals surface area (Å²) in [6.07, 6.45) is 1.59. The molecule has 0 saturated heterocycles. The molecule has 0 amide bonds. The fraction of sp³-hybridized carbons (Fsp3) is 0.455. The highest BCUT2D eigenvalue weighted by molar-refractivity contribution is 5.22. The maximum absolute atomic E-state index is 9.61. The van der Waals surface area contributed by atoms with E-state index in [2.05, 4.69) is 13.8 Å². The first-order valence-corrected chi connectivity index (χ1v) is 4.48. The van der Waals surface area contributed by atoms with Crippen molar-refractivity contribution >= 4 is 0 Å².